The molecule has 1 rings (SSSR count). The Hall–Kier alpha value is -1.69. The van der Waals surface area contributed by atoms with E-state index in [-0.39, 0.29) is 0 Å². The van der Waals surface area contributed by atoms with E-state index in [0.29, 0.717) is 6.54 Å². The van der Waals surface area contributed by atoms with Crippen LogP contribution in [0.5, 0.6) is 5.75 Å². The maximum atomic E-state index is 8.64. The summed E-state index contributed by atoms with van der Waals surface area (Å²) in [6.07, 6.45) is 0. The number of ether oxygens (including phenoxy) is 1. The van der Waals surface area contributed by atoms with Gasteiger partial charge in [-0.05, 0) is 37.1 Å². The minimum atomic E-state index is 0.395. The van der Waals surface area contributed by atoms with Gasteiger partial charge in [-0.25, -0.2) is 0 Å². The summed E-state index contributed by atoms with van der Waals surface area (Å²) in [5, 5.41) is 8.64. The maximum absolute atomic E-state index is 8.64. The van der Waals surface area contributed by atoms with Gasteiger partial charge in [-0.2, -0.15) is 5.26 Å². The predicted octanol–water partition coefficient (Wildman–Crippen LogP) is 2.27. The quantitative estimate of drug-likeness (QED) is 0.709. The smallest absolute Gasteiger partial charge is 0.122 e. The van der Waals surface area contributed by atoms with Gasteiger partial charge in [-0.3, -0.25) is 0 Å². The molecule has 0 aliphatic heterocycles. The van der Waals surface area contributed by atoms with E-state index in [9.17, 15) is 0 Å². The highest BCUT2D eigenvalue weighted by Crippen LogP contribution is 2.28. The van der Waals surface area contributed by atoms with Crippen molar-refractivity contribution in [2.45, 2.75) is 13.8 Å². The molecule has 1 aromatic carbocycles. The number of hydrogen-bond acceptors (Lipinski definition) is 3. The lowest BCUT2D eigenvalue weighted by molar-refractivity contribution is 0.411. The number of benzene rings is 1. The number of methoxy groups -OCH3 is 1. The summed E-state index contributed by atoms with van der Waals surface area (Å²) in [6, 6.07) is 6.06. The summed E-state index contributed by atoms with van der Waals surface area (Å²) in [4.78, 5) is 1.93. The first-order valence-electron chi connectivity index (χ1n) is 4.84. The lowest BCUT2D eigenvalue weighted by atomic mass is 10.1. The van der Waals surface area contributed by atoms with Gasteiger partial charge in [-0.15, -0.1) is 0 Å². The van der Waals surface area contributed by atoms with Crippen LogP contribution in [0.4, 0.5) is 5.69 Å². The van der Waals surface area contributed by atoms with E-state index in [1.807, 2.05) is 37.9 Å². The summed E-state index contributed by atoms with van der Waals surface area (Å²) < 4.78 is 5.24. The zero-order valence-corrected chi connectivity index (χ0v) is 9.66. The van der Waals surface area contributed by atoms with Gasteiger partial charge in [-0.1, -0.05) is 0 Å². The SMILES string of the molecule is COc1ccc(N(C)CC#N)c(C)c1C. The molecule has 0 bridgehead atoms. The molecule has 0 fully saturated rings. The Morgan fingerprint density at radius 3 is 2.53 bits per heavy atom. The Labute approximate surface area is 90.9 Å². The summed E-state index contributed by atoms with van der Waals surface area (Å²) in [6.45, 7) is 4.46. The third-order valence-corrected chi connectivity index (χ3v) is 2.65. The number of nitrogens with zero attached hydrogens (tertiary/aromatic N) is 2. The molecule has 1 aromatic rings. The third kappa shape index (κ3) is 2.21. The van der Waals surface area contributed by atoms with Crippen molar-refractivity contribution in [1.82, 2.24) is 0 Å². The van der Waals surface area contributed by atoms with E-state index in [1.165, 1.54) is 0 Å². The zero-order valence-electron chi connectivity index (χ0n) is 9.66. The second kappa shape index (κ2) is 4.70. The number of nitriles is 1. The Balaban J connectivity index is 3.12. The number of rotatable bonds is 3. The number of hydrogen-bond donors (Lipinski definition) is 0. The first-order valence-corrected chi connectivity index (χ1v) is 4.84. The molecule has 0 aromatic heterocycles. The first-order chi connectivity index (χ1) is 7.11. The molecule has 3 heteroatoms. The fraction of sp³-hybridized carbons (Fsp3) is 0.417. The van der Waals surface area contributed by atoms with Crippen LogP contribution in [0, 0.1) is 25.2 Å². The highest BCUT2D eigenvalue weighted by Gasteiger charge is 2.09. The zero-order chi connectivity index (χ0) is 11.4. The second-order valence-electron chi connectivity index (χ2n) is 3.55. The molecular weight excluding hydrogens is 188 g/mol. The van der Waals surface area contributed by atoms with Gasteiger partial charge in [0, 0.05) is 12.7 Å². The Morgan fingerprint density at radius 1 is 1.33 bits per heavy atom. The molecule has 0 heterocycles. The third-order valence-electron chi connectivity index (χ3n) is 2.65. The van der Waals surface area contributed by atoms with Crippen molar-refractivity contribution in [3.63, 3.8) is 0 Å². The molecule has 0 aliphatic rings. The topological polar surface area (TPSA) is 36.3 Å². The van der Waals surface area contributed by atoms with Crippen molar-refractivity contribution < 1.29 is 4.74 Å². The highest BCUT2D eigenvalue weighted by atomic mass is 16.5. The minimum Gasteiger partial charge on any atom is -0.496 e. The van der Waals surface area contributed by atoms with Crippen molar-refractivity contribution >= 4 is 5.69 Å². The molecule has 0 amide bonds. The van der Waals surface area contributed by atoms with Crippen LogP contribution in [0.25, 0.3) is 0 Å². The summed E-state index contributed by atoms with van der Waals surface area (Å²) >= 11 is 0. The van der Waals surface area contributed by atoms with E-state index in [2.05, 4.69) is 6.07 Å². The lowest BCUT2D eigenvalue weighted by Gasteiger charge is -2.20. The molecule has 0 radical (unpaired) electrons. The second-order valence-corrected chi connectivity index (χ2v) is 3.55. The molecule has 0 atom stereocenters. The van der Waals surface area contributed by atoms with E-state index < -0.39 is 0 Å². The average molecular weight is 204 g/mol. The van der Waals surface area contributed by atoms with Crippen LogP contribution in [-0.2, 0) is 0 Å². The van der Waals surface area contributed by atoms with Crippen LogP contribution in [0.2, 0.25) is 0 Å². The highest BCUT2D eigenvalue weighted by molar-refractivity contribution is 5.59. The molecule has 0 aliphatic carbocycles. The van der Waals surface area contributed by atoms with E-state index in [4.69, 9.17) is 10.00 Å². The average Bonchev–Trinajstić information content (AvgIpc) is 2.22. The molecule has 80 valence electrons. The molecule has 0 saturated carbocycles. The van der Waals surface area contributed by atoms with Crippen LogP contribution >= 0.6 is 0 Å². The minimum absolute atomic E-state index is 0.395. The monoisotopic (exact) mass is 204 g/mol. The predicted molar refractivity (Wildman–Crippen MR) is 61.4 cm³/mol. The van der Waals surface area contributed by atoms with Crippen LogP contribution in [-0.4, -0.2) is 20.7 Å². The fourth-order valence-electron chi connectivity index (χ4n) is 1.61. The van der Waals surface area contributed by atoms with Crippen molar-refractivity contribution in [3.8, 4) is 11.8 Å². The first kappa shape index (κ1) is 11.4. The molecule has 0 spiro atoms. The molecular formula is C12H16N2O. The van der Waals surface area contributed by atoms with Crippen LogP contribution < -0.4 is 9.64 Å². The van der Waals surface area contributed by atoms with Crippen molar-refractivity contribution in [2.24, 2.45) is 0 Å². The number of anilines is 1. The van der Waals surface area contributed by atoms with Gasteiger partial charge in [0.25, 0.3) is 0 Å². The van der Waals surface area contributed by atoms with E-state index >= 15 is 0 Å². The molecule has 15 heavy (non-hydrogen) atoms. The molecule has 0 N–H and O–H groups in total. The lowest BCUT2D eigenvalue weighted by Crippen LogP contribution is -2.18. The molecule has 0 saturated heterocycles. The van der Waals surface area contributed by atoms with Gasteiger partial charge in [0.05, 0.1) is 13.2 Å². The Kier molecular flexibility index (Phi) is 3.56. The van der Waals surface area contributed by atoms with Crippen molar-refractivity contribution in [3.05, 3.63) is 23.3 Å². The summed E-state index contributed by atoms with van der Waals surface area (Å²) in [5.74, 6) is 0.890. The van der Waals surface area contributed by atoms with E-state index in [0.717, 1.165) is 22.6 Å². The van der Waals surface area contributed by atoms with Gasteiger partial charge < -0.3 is 9.64 Å². The standard InChI is InChI=1S/C12H16N2O/c1-9-10(2)12(15-4)6-5-11(9)14(3)8-7-13/h5-6H,8H2,1-4H3. The molecule has 0 unspecified atom stereocenters. The van der Waals surface area contributed by atoms with Crippen LogP contribution in [0.1, 0.15) is 11.1 Å². The Bertz CT molecular complexity index is 393. The largest absolute Gasteiger partial charge is 0.496 e. The van der Waals surface area contributed by atoms with Crippen LogP contribution in [0.15, 0.2) is 12.1 Å². The van der Waals surface area contributed by atoms with Crippen LogP contribution in [0.3, 0.4) is 0 Å². The van der Waals surface area contributed by atoms with Gasteiger partial charge in [0.1, 0.15) is 12.3 Å². The van der Waals surface area contributed by atoms with Gasteiger partial charge in [0.2, 0.25) is 0 Å². The summed E-state index contributed by atoms with van der Waals surface area (Å²) in [7, 11) is 3.58. The maximum Gasteiger partial charge on any atom is 0.122 e. The Morgan fingerprint density at radius 2 is 2.00 bits per heavy atom. The van der Waals surface area contributed by atoms with Crippen molar-refractivity contribution in [1.29, 1.82) is 5.26 Å². The molecule has 3 nitrogen and oxygen atoms in total. The van der Waals surface area contributed by atoms with Gasteiger partial charge >= 0.3 is 0 Å². The van der Waals surface area contributed by atoms with Crippen molar-refractivity contribution in [2.75, 3.05) is 25.6 Å². The normalized spacial score (nSPS) is 9.53. The van der Waals surface area contributed by atoms with E-state index in [1.54, 1.807) is 7.11 Å². The fourth-order valence-corrected chi connectivity index (χ4v) is 1.61. The summed E-state index contributed by atoms with van der Waals surface area (Å²) in [5.41, 5.74) is 3.36. The van der Waals surface area contributed by atoms with Gasteiger partial charge in [0.15, 0.2) is 0 Å².